The van der Waals surface area contributed by atoms with E-state index in [1.165, 1.54) is 96.3 Å². The van der Waals surface area contributed by atoms with Crippen LogP contribution in [0.5, 0.6) is 0 Å². The van der Waals surface area contributed by atoms with Crippen LogP contribution in [0.3, 0.4) is 0 Å². The summed E-state index contributed by atoms with van der Waals surface area (Å²) in [5.74, 6) is -0.527. The van der Waals surface area contributed by atoms with Gasteiger partial charge in [0, 0.05) is 19.4 Å². The Morgan fingerprint density at radius 2 is 1.08 bits per heavy atom. The molecule has 10 heteroatoms. The van der Waals surface area contributed by atoms with Crippen molar-refractivity contribution in [3.8, 4) is 0 Å². The number of hydrogen-bond acceptors (Lipinski definition) is 7. The summed E-state index contributed by atoms with van der Waals surface area (Å²) in [6.45, 7) is 3.51. The number of carbonyl (C=O) groups is 2. The Balaban J connectivity index is 3.62. The van der Waals surface area contributed by atoms with Crippen LogP contribution in [0.4, 0.5) is 0 Å². The molecular weight excluding hydrogens is 653 g/mol. The molecule has 1 amide bonds. The molecule has 0 saturated carbocycles. The van der Waals surface area contributed by atoms with E-state index in [2.05, 4.69) is 43.5 Å². The summed E-state index contributed by atoms with van der Waals surface area (Å²) in [6, 6.07) is 0. The van der Waals surface area contributed by atoms with Gasteiger partial charge in [0.15, 0.2) is 0 Å². The zero-order valence-corrected chi connectivity index (χ0v) is 33.0. The molecule has 0 rings (SSSR count). The van der Waals surface area contributed by atoms with E-state index in [9.17, 15) is 24.2 Å². The first kappa shape index (κ1) is 48.5. The lowest BCUT2D eigenvalue weighted by Gasteiger charge is -2.15. The highest BCUT2D eigenvalue weighted by Crippen LogP contribution is 2.42. The van der Waals surface area contributed by atoms with Crippen LogP contribution < -0.4 is 5.32 Å². The number of amides is 1. The van der Waals surface area contributed by atoms with Gasteiger partial charge in [-0.3, -0.25) is 18.6 Å². The van der Waals surface area contributed by atoms with Crippen molar-refractivity contribution in [2.45, 2.75) is 193 Å². The number of rotatable bonds is 38. The summed E-state index contributed by atoms with van der Waals surface area (Å²) in [6.07, 6.45) is 38.1. The van der Waals surface area contributed by atoms with Crippen LogP contribution in [0.1, 0.15) is 187 Å². The highest BCUT2D eigenvalue weighted by atomic mass is 31.2. The maximum atomic E-state index is 12.1. The van der Waals surface area contributed by atoms with E-state index in [1.54, 1.807) is 0 Å². The zero-order valence-electron chi connectivity index (χ0n) is 32.1. The molecule has 2 atom stereocenters. The Labute approximate surface area is 306 Å². The number of aliphatic hydroxyl groups excluding tert-OH is 1. The van der Waals surface area contributed by atoms with Gasteiger partial charge in [0.1, 0.15) is 12.7 Å². The van der Waals surface area contributed by atoms with Crippen molar-refractivity contribution >= 4 is 19.7 Å². The number of esters is 1. The molecule has 2 unspecified atom stereocenters. The summed E-state index contributed by atoms with van der Waals surface area (Å²) < 4.78 is 26.8. The van der Waals surface area contributed by atoms with E-state index in [1.807, 2.05) is 0 Å². The molecule has 0 heterocycles. The Kier molecular flexibility index (Phi) is 36.1. The fourth-order valence-electron chi connectivity index (χ4n) is 5.53. The molecule has 0 radical (unpaired) electrons. The van der Waals surface area contributed by atoms with Crippen LogP contribution in [0.15, 0.2) is 24.3 Å². The molecule has 0 saturated heterocycles. The maximum Gasteiger partial charge on any atom is 0.472 e. The van der Waals surface area contributed by atoms with Crippen LogP contribution in [0.2, 0.25) is 0 Å². The molecular formula is C40H76NO8P. The smallest absolute Gasteiger partial charge is 0.463 e. The highest BCUT2D eigenvalue weighted by molar-refractivity contribution is 7.47. The number of phosphoric ester groups is 1. The Morgan fingerprint density at radius 1 is 0.620 bits per heavy atom. The number of carbonyl (C=O) groups excluding carboxylic acids is 2. The molecule has 0 aromatic heterocycles. The van der Waals surface area contributed by atoms with Crippen LogP contribution >= 0.6 is 7.82 Å². The minimum absolute atomic E-state index is 0.0758. The van der Waals surface area contributed by atoms with Crippen molar-refractivity contribution in [2.24, 2.45) is 0 Å². The molecule has 0 bridgehead atoms. The molecule has 3 N–H and O–H groups in total. The first-order chi connectivity index (χ1) is 24.3. The molecule has 50 heavy (non-hydrogen) atoms. The third-order valence-electron chi connectivity index (χ3n) is 8.63. The van der Waals surface area contributed by atoms with Gasteiger partial charge in [-0.1, -0.05) is 154 Å². The normalized spacial score (nSPS) is 13.6. The van der Waals surface area contributed by atoms with Gasteiger partial charge < -0.3 is 20.1 Å². The summed E-state index contributed by atoms with van der Waals surface area (Å²) in [5, 5.41) is 12.7. The molecule has 0 aliphatic heterocycles. The van der Waals surface area contributed by atoms with Crippen molar-refractivity contribution in [1.29, 1.82) is 0 Å². The van der Waals surface area contributed by atoms with E-state index in [-0.39, 0.29) is 32.1 Å². The fourth-order valence-corrected chi connectivity index (χ4v) is 6.28. The highest BCUT2D eigenvalue weighted by Gasteiger charge is 2.23. The van der Waals surface area contributed by atoms with Crippen molar-refractivity contribution in [2.75, 3.05) is 26.4 Å². The average Bonchev–Trinajstić information content (AvgIpc) is 3.10. The van der Waals surface area contributed by atoms with Gasteiger partial charge in [0.05, 0.1) is 13.2 Å². The predicted octanol–water partition coefficient (Wildman–Crippen LogP) is 10.8. The van der Waals surface area contributed by atoms with Crippen molar-refractivity contribution in [3.63, 3.8) is 0 Å². The second-order valence-corrected chi connectivity index (χ2v) is 15.1. The van der Waals surface area contributed by atoms with Crippen LogP contribution in [-0.4, -0.2) is 54.3 Å². The Bertz CT molecular complexity index is 881. The summed E-state index contributed by atoms with van der Waals surface area (Å²) >= 11 is 0. The molecule has 9 nitrogen and oxygen atoms in total. The summed E-state index contributed by atoms with van der Waals surface area (Å²) in [7, 11) is -4.41. The topological polar surface area (TPSA) is 131 Å². The number of allylic oxidation sites excluding steroid dienone is 4. The third kappa shape index (κ3) is 37.7. The number of unbranched alkanes of at least 4 members (excludes halogenated alkanes) is 21. The quantitative estimate of drug-likeness (QED) is 0.0248. The molecule has 0 aromatic rings. The number of ether oxygens (including phenoxy) is 1. The number of nitrogens with one attached hydrogen (secondary N) is 1. The van der Waals surface area contributed by atoms with Crippen LogP contribution in [0, 0.1) is 0 Å². The van der Waals surface area contributed by atoms with Gasteiger partial charge in [-0.2, -0.15) is 0 Å². The van der Waals surface area contributed by atoms with E-state index in [4.69, 9.17) is 13.8 Å². The first-order valence-corrected chi connectivity index (χ1v) is 21.8. The van der Waals surface area contributed by atoms with Crippen molar-refractivity contribution < 1.29 is 37.9 Å². The monoisotopic (exact) mass is 730 g/mol. The van der Waals surface area contributed by atoms with E-state index in [0.717, 1.165) is 64.2 Å². The lowest BCUT2D eigenvalue weighted by molar-refractivity contribution is -0.147. The Morgan fingerprint density at radius 3 is 1.64 bits per heavy atom. The van der Waals surface area contributed by atoms with Gasteiger partial charge >= 0.3 is 13.8 Å². The summed E-state index contributed by atoms with van der Waals surface area (Å²) in [4.78, 5) is 33.8. The standard InChI is InChI=1S/C40H76NO8P/c1-3-5-7-9-11-13-15-17-19-20-22-24-26-28-30-32-39(43)41-34-35-48-50(45,46)49-37-38(42)36-47-40(44)33-31-29-27-25-23-21-18-16-14-12-10-8-6-4-2/h11,13,17,19,38,42H,3-10,12,14-16,18,20-37H2,1-2H3,(H,41,43)(H,45,46)/b13-11-,19-17-. The largest absolute Gasteiger partial charge is 0.472 e. The average molecular weight is 730 g/mol. The van der Waals surface area contributed by atoms with Gasteiger partial charge in [-0.15, -0.1) is 0 Å². The summed E-state index contributed by atoms with van der Waals surface area (Å²) in [5.41, 5.74) is 0. The molecule has 0 spiro atoms. The molecule has 0 aliphatic carbocycles. The van der Waals surface area contributed by atoms with E-state index < -0.39 is 26.5 Å². The molecule has 0 fully saturated rings. The zero-order chi connectivity index (χ0) is 36.8. The Hall–Kier alpha value is -1.51. The van der Waals surface area contributed by atoms with Crippen molar-refractivity contribution in [3.05, 3.63) is 24.3 Å². The number of phosphoric acid groups is 1. The van der Waals surface area contributed by atoms with Crippen molar-refractivity contribution in [1.82, 2.24) is 5.32 Å². The number of hydrogen-bond donors (Lipinski definition) is 3. The van der Waals surface area contributed by atoms with Gasteiger partial charge in [0.2, 0.25) is 5.91 Å². The predicted molar refractivity (Wildman–Crippen MR) is 206 cm³/mol. The fraction of sp³-hybridized carbons (Fsp3) is 0.850. The molecule has 294 valence electrons. The number of aliphatic hydroxyl groups is 1. The molecule has 0 aliphatic rings. The minimum Gasteiger partial charge on any atom is -0.463 e. The van der Waals surface area contributed by atoms with Crippen LogP contribution in [0.25, 0.3) is 0 Å². The van der Waals surface area contributed by atoms with Gasteiger partial charge in [-0.05, 0) is 44.9 Å². The minimum atomic E-state index is -4.41. The van der Waals surface area contributed by atoms with Crippen LogP contribution in [-0.2, 0) is 27.9 Å². The SMILES string of the molecule is CCCCC/C=C\C/C=C\CCCCCCCC(=O)NCCOP(=O)(O)OCC(O)COC(=O)CCCCCCCCCCCCCCCC. The second-order valence-electron chi connectivity index (χ2n) is 13.6. The van der Waals surface area contributed by atoms with Gasteiger partial charge in [-0.25, -0.2) is 4.57 Å². The third-order valence-corrected chi connectivity index (χ3v) is 9.62. The van der Waals surface area contributed by atoms with E-state index in [0.29, 0.717) is 6.42 Å². The maximum absolute atomic E-state index is 12.1. The van der Waals surface area contributed by atoms with Gasteiger partial charge in [0.25, 0.3) is 0 Å². The first-order valence-electron chi connectivity index (χ1n) is 20.3. The lowest BCUT2D eigenvalue weighted by Crippen LogP contribution is -2.27. The second kappa shape index (κ2) is 37.3. The molecule has 0 aromatic carbocycles. The van der Waals surface area contributed by atoms with E-state index >= 15 is 0 Å². The lowest BCUT2D eigenvalue weighted by atomic mass is 10.0.